The maximum Gasteiger partial charge on any atom is 0.252 e. The Bertz CT molecular complexity index is 456. The van der Waals surface area contributed by atoms with Gasteiger partial charge in [0.15, 0.2) is 0 Å². The molecule has 1 aliphatic rings. The van der Waals surface area contributed by atoms with Crippen molar-refractivity contribution in [2.45, 2.75) is 31.8 Å². The van der Waals surface area contributed by atoms with Gasteiger partial charge in [0, 0.05) is 6.54 Å². The second-order valence-corrected chi connectivity index (χ2v) is 5.08. The number of anilines is 2. The zero-order valence-electron chi connectivity index (χ0n) is 10.8. The van der Waals surface area contributed by atoms with Crippen molar-refractivity contribution in [2.75, 3.05) is 17.6 Å². The molecule has 6 N–H and O–H groups in total. The summed E-state index contributed by atoms with van der Waals surface area (Å²) in [6.45, 7) is 0.726. The first-order valence-electron chi connectivity index (χ1n) is 6.53. The minimum atomic E-state index is -0.540. The highest BCUT2D eigenvalue weighted by Gasteiger charge is 2.20. The second-order valence-electron chi connectivity index (χ2n) is 5.08. The molecule has 0 atom stereocenters. The van der Waals surface area contributed by atoms with Crippen molar-refractivity contribution < 1.29 is 9.90 Å². The lowest BCUT2D eigenvalue weighted by atomic mass is 9.87. The molecule has 0 radical (unpaired) electrons. The fraction of sp³-hybridized carbons (Fsp3) is 0.538. The molecule has 0 aromatic carbocycles. The molecular weight excluding hydrogens is 244 g/mol. The summed E-state index contributed by atoms with van der Waals surface area (Å²) in [6, 6.07) is 1.53. The first kappa shape index (κ1) is 13.6. The van der Waals surface area contributed by atoms with Crippen LogP contribution in [0.4, 0.5) is 11.5 Å². The highest BCUT2D eigenvalue weighted by molar-refractivity contribution is 5.98. The Labute approximate surface area is 112 Å². The van der Waals surface area contributed by atoms with Crippen molar-refractivity contribution in [1.82, 2.24) is 4.98 Å². The van der Waals surface area contributed by atoms with E-state index in [9.17, 15) is 9.90 Å². The number of hydrogen-bond donors (Lipinski definition) is 4. The number of aromatic nitrogens is 1. The van der Waals surface area contributed by atoms with Gasteiger partial charge in [0.1, 0.15) is 5.82 Å². The van der Waals surface area contributed by atoms with E-state index in [2.05, 4.69) is 10.3 Å². The number of aliphatic hydroxyl groups is 1. The van der Waals surface area contributed by atoms with E-state index in [1.807, 2.05) is 0 Å². The molecule has 6 nitrogen and oxygen atoms in total. The Morgan fingerprint density at radius 1 is 1.42 bits per heavy atom. The first-order valence-corrected chi connectivity index (χ1v) is 6.53. The van der Waals surface area contributed by atoms with E-state index in [1.165, 1.54) is 12.3 Å². The molecule has 0 unspecified atom stereocenters. The predicted octanol–water partition coefficient (Wildman–Crippen LogP) is 0.726. The van der Waals surface area contributed by atoms with Crippen LogP contribution in [0, 0.1) is 5.92 Å². The van der Waals surface area contributed by atoms with Crippen molar-refractivity contribution in [3.8, 4) is 0 Å². The molecule has 0 saturated heterocycles. The standard InChI is InChI=1S/C13H20N4O2/c14-9-5-11(12(15)19)13(17-7-9)16-6-8-1-3-10(18)4-2-8/h5,7-8,10,18H,1-4,6,14H2,(H2,15,19)(H,16,17). The summed E-state index contributed by atoms with van der Waals surface area (Å²) in [4.78, 5) is 15.4. The van der Waals surface area contributed by atoms with Gasteiger partial charge in [0.2, 0.25) is 0 Å². The van der Waals surface area contributed by atoms with Crippen LogP contribution in [0.2, 0.25) is 0 Å². The number of primary amides is 1. The van der Waals surface area contributed by atoms with Gasteiger partial charge in [0.25, 0.3) is 5.91 Å². The zero-order chi connectivity index (χ0) is 13.8. The van der Waals surface area contributed by atoms with E-state index in [4.69, 9.17) is 11.5 Å². The van der Waals surface area contributed by atoms with Crippen LogP contribution in [0.1, 0.15) is 36.0 Å². The highest BCUT2D eigenvalue weighted by atomic mass is 16.3. The van der Waals surface area contributed by atoms with Crippen LogP contribution < -0.4 is 16.8 Å². The Morgan fingerprint density at radius 2 is 2.11 bits per heavy atom. The summed E-state index contributed by atoms with van der Waals surface area (Å²) in [7, 11) is 0. The SMILES string of the molecule is NC(=O)c1cc(N)cnc1NCC1CCC(O)CC1. The van der Waals surface area contributed by atoms with E-state index in [0.29, 0.717) is 23.0 Å². The third-order valence-corrected chi connectivity index (χ3v) is 3.55. The number of carbonyl (C=O) groups excluding carboxylic acids is 1. The van der Waals surface area contributed by atoms with Crippen LogP contribution in [-0.2, 0) is 0 Å². The van der Waals surface area contributed by atoms with E-state index < -0.39 is 5.91 Å². The average molecular weight is 264 g/mol. The molecule has 1 amide bonds. The number of rotatable bonds is 4. The molecular formula is C13H20N4O2. The summed E-state index contributed by atoms with van der Waals surface area (Å²) < 4.78 is 0. The maximum absolute atomic E-state index is 11.3. The maximum atomic E-state index is 11.3. The van der Waals surface area contributed by atoms with E-state index >= 15 is 0 Å². The summed E-state index contributed by atoms with van der Waals surface area (Å²) in [5.74, 6) is 0.428. The molecule has 1 saturated carbocycles. The van der Waals surface area contributed by atoms with Crippen LogP contribution in [0.3, 0.4) is 0 Å². The van der Waals surface area contributed by atoms with Crippen molar-refractivity contribution in [1.29, 1.82) is 0 Å². The lowest BCUT2D eigenvalue weighted by molar-refractivity contribution is 0.100. The molecule has 1 aliphatic carbocycles. The Hall–Kier alpha value is -1.82. The molecule has 1 fully saturated rings. The lowest BCUT2D eigenvalue weighted by Gasteiger charge is -2.25. The van der Waals surface area contributed by atoms with Crippen molar-refractivity contribution in [3.63, 3.8) is 0 Å². The predicted molar refractivity (Wildman–Crippen MR) is 73.6 cm³/mol. The monoisotopic (exact) mass is 264 g/mol. The van der Waals surface area contributed by atoms with Gasteiger partial charge in [0.05, 0.1) is 23.6 Å². The first-order chi connectivity index (χ1) is 9.06. The number of carbonyl (C=O) groups is 1. The lowest BCUT2D eigenvalue weighted by Crippen LogP contribution is -2.25. The summed E-state index contributed by atoms with van der Waals surface area (Å²) in [6.07, 6.45) is 4.98. The topological polar surface area (TPSA) is 114 Å². The number of pyridine rings is 1. The van der Waals surface area contributed by atoms with Crippen molar-refractivity contribution in [2.24, 2.45) is 11.7 Å². The van der Waals surface area contributed by atoms with E-state index in [0.717, 1.165) is 32.2 Å². The number of nitrogens with two attached hydrogens (primary N) is 2. The minimum absolute atomic E-state index is 0.160. The van der Waals surface area contributed by atoms with Gasteiger partial charge in [-0.05, 0) is 37.7 Å². The summed E-state index contributed by atoms with van der Waals surface area (Å²) in [5, 5.41) is 12.6. The number of amides is 1. The van der Waals surface area contributed by atoms with Gasteiger partial charge in [-0.25, -0.2) is 4.98 Å². The molecule has 104 valence electrons. The summed E-state index contributed by atoms with van der Waals surface area (Å²) >= 11 is 0. The normalized spacial score (nSPS) is 23.0. The molecule has 0 bridgehead atoms. The third-order valence-electron chi connectivity index (χ3n) is 3.55. The van der Waals surface area contributed by atoms with Crippen LogP contribution in [0.15, 0.2) is 12.3 Å². The fourth-order valence-electron chi connectivity index (χ4n) is 2.40. The number of nitrogens with zero attached hydrogens (tertiary/aromatic N) is 1. The number of nitrogen functional groups attached to an aromatic ring is 1. The number of hydrogen-bond acceptors (Lipinski definition) is 5. The largest absolute Gasteiger partial charge is 0.397 e. The van der Waals surface area contributed by atoms with Gasteiger partial charge >= 0.3 is 0 Å². The Kier molecular flexibility index (Phi) is 4.21. The van der Waals surface area contributed by atoms with Crippen LogP contribution >= 0.6 is 0 Å². The van der Waals surface area contributed by atoms with Gasteiger partial charge in [-0.2, -0.15) is 0 Å². The molecule has 2 rings (SSSR count). The fourth-order valence-corrected chi connectivity index (χ4v) is 2.40. The Balaban J connectivity index is 1.97. The van der Waals surface area contributed by atoms with Gasteiger partial charge in [-0.1, -0.05) is 0 Å². The molecule has 6 heteroatoms. The molecule has 19 heavy (non-hydrogen) atoms. The van der Waals surface area contributed by atoms with Gasteiger partial charge < -0.3 is 21.9 Å². The third kappa shape index (κ3) is 3.57. The average Bonchev–Trinajstić information content (AvgIpc) is 2.39. The smallest absolute Gasteiger partial charge is 0.252 e. The zero-order valence-corrected chi connectivity index (χ0v) is 10.8. The van der Waals surface area contributed by atoms with Crippen LogP contribution in [0.5, 0.6) is 0 Å². The van der Waals surface area contributed by atoms with Crippen molar-refractivity contribution in [3.05, 3.63) is 17.8 Å². The number of nitrogens with one attached hydrogen (secondary N) is 1. The molecule has 1 heterocycles. The molecule has 1 aromatic heterocycles. The van der Waals surface area contributed by atoms with E-state index in [-0.39, 0.29) is 6.10 Å². The molecule has 0 spiro atoms. The highest BCUT2D eigenvalue weighted by Crippen LogP contribution is 2.25. The number of aliphatic hydroxyl groups excluding tert-OH is 1. The quantitative estimate of drug-likeness (QED) is 0.640. The van der Waals surface area contributed by atoms with E-state index in [1.54, 1.807) is 0 Å². The minimum Gasteiger partial charge on any atom is -0.397 e. The van der Waals surface area contributed by atoms with Crippen molar-refractivity contribution >= 4 is 17.4 Å². The van der Waals surface area contributed by atoms with Crippen LogP contribution in [-0.4, -0.2) is 28.6 Å². The van der Waals surface area contributed by atoms with Gasteiger partial charge in [-0.3, -0.25) is 4.79 Å². The molecule has 0 aliphatic heterocycles. The Morgan fingerprint density at radius 3 is 2.74 bits per heavy atom. The molecule has 1 aromatic rings. The van der Waals surface area contributed by atoms with Crippen LogP contribution in [0.25, 0.3) is 0 Å². The second kappa shape index (κ2) is 5.88. The summed E-state index contributed by atoms with van der Waals surface area (Å²) in [5.41, 5.74) is 11.6. The van der Waals surface area contributed by atoms with Gasteiger partial charge in [-0.15, -0.1) is 0 Å².